The number of rotatable bonds is 7. The Hall–Kier alpha value is -0.120. The van der Waals surface area contributed by atoms with Crippen LogP contribution in [0.25, 0.3) is 0 Å². The Kier molecular flexibility index (Phi) is 7.01. The van der Waals surface area contributed by atoms with E-state index >= 15 is 0 Å². The van der Waals surface area contributed by atoms with Gasteiger partial charge in [-0.25, -0.2) is 0 Å². The lowest BCUT2D eigenvalue weighted by Crippen LogP contribution is -2.15. The van der Waals surface area contributed by atoms with Gasteiger partial charge in [0.1, 0.15) is 0 Å². The molecule has 0 aromatic carbocycles. The zero-order valence-electron chi connectivity index (χ0n) is 8.91. The van der Waals surface area contributed by atoms with Crippen LogP contribution in [0, 0.1) is 5.92 Å². The van der Waals surface area contributed by atoms with Gasteiger partial charge in [0.2, 0.25) is 0 Å². The minimum absolute atomic E-state index is 0.0998. The molecule has 0 aliphatic heterocycles. The summed E-state index contributed by atoms with van der Waals surface area (Å²) < 4.78 is 10.6. The van der Waals surface area contributed by atoms with Crippen LogP contribution in [0.2, 0.25) is 0 Å². The number of ether oxygens (including phenoxy) is 2. The molecular weight excluding hydrogens is 180 g/mol. The van der Waals surface area contributed by atoms with Crippen molar-refractivity contribution >= 4 is 0 Å². The van der Waals surface area contributed by atoms with E-state index in [-0.39, 0.29) is 6.61 Å². The number of hydrogen-bond acceptors (Lipinski definition) is 3. The van der Waals surface area contributed by atoms with Gasteiger partial charge in [0.25, 0.3) is 0 Å². The van der Waals surface area contributed by atoms with Crippen molar-refractivity contribution in [3.05, 3.63) is 0 Å². The van der Waals surface area contributed by atoms with Crippen molar-refractivity contribution in [2.75, 3.05) is 33.0 Å². The van der Waals surface area contributed by atoms with E-state index < -0.39 is 0 Å². The van der Waals surface area contributed by atoms with Gasteiger partial charge in [0, 0.05) is 6.61 Å². The first-order valence-corrected chi connectivity index (χ1v) is 5.70. The standard InChI is InChI=1S/C11H22O3/c12-6-7-13-8-9-14-10-11-4-2-1-3-5-11/h11-12H,1-10H2. The highest BCUT2D eigenvalue weighted by atomic mass is 16.5. The summed E-state index contributed by atoms with van der Waals surface area (Å²) >= 11 is 0. The van der Waals surface area contributed by atoms with E-state index in [1.165, 1.54) is 32.1 Å². The van der Waals surface area contributed by atoms with E-state index in [0.29, 0.717) is 19.8 Å². The van der Waals surface area contributed by atoms with Gasteiger partial charge in [-0.05, 0) is 18.8 Å². The van der Waals surface area contributed by atoms with Crippen molar-refractivity contribution in [1.82, 2.24) is 0 Å². The number of aliphatic hydroxyl groups excluding tert-OH is 1. The van der Waals surface area contributed by atoms with Crippen molar-refractivity contribution < 1.29 is 14.6 Å². The molecule has 1 fully saturated rings. The second-order valence-electron chi connectivity index (χ2n) is 3.91. The molecule has 0 bridgehead atoms. The van der Waals surface area contributed by atoms with Gasteiger partial charge in [-0.15, -0.1) is 0 Å². The van der Waals surface area contributed by atoms with Gasteiger partial charge >= 0.3 is 0 Å². The molecule has 3 nitrogen and oxygen atoms in total. The summed E-state index contributed by atoms with van der Waals surface area (Å²) in [6.07, 6.45) is 6.80. The summed E-state index contributed by atoms with van der Waals surface area (Å²) in [6.45, 7) is 2.68. The van der Waals surface area contributed by atoms with E-state index in [4.69, 9.17) is 14.6 Å². The first-order valence-electron chi connectivity index (χ1n) is 5.70. The zero-order valence-corrected chi connectivity index (χ0v) is 8.91. The Morgan fingerprint density at radius 2 is 1.64 bits per heavy atom. The van der Waals surface area contributed by atoms with Crippen molar-refractivity contribution in [3.63, 3.8) is 0 Å². The van der Waals surface area contributed by atoms with Crippen molar-refractivity contribution in [2.45, 2.75) is 32.1 Å². The van der Waals surface area contributed by atoms with Crippen LogP contribution in [0.15, 0.2) is 0 Å². The van der Waals surface area contributed by atoms with E-state index in [1.54, 1.807) is 0 Å². The largest absolute Gasteiger partial charge is 0.394 e. The smallest absolute Gasteiger partial charge is 0.0701 e. The second kappa shape index (κ2) is 8.21. The average Bonchev–Trinajstić information content (AvgIpc) is 2.25. The maximum atomic E-state index is 8.46. The summed E-state index contributed by atoms with van der Waals surface area (Å²) in [5.41, 5.74) is 0. The fourth-order valence-electron chi connectivity index (χ4n) is 1.89. The Morgan fingerprint density at radius 1 is 0.929 bits per heavy atom. The van der Waals surface area contributed by atoms with E-state index in [2.05, 4.69) is 0 Å². The van der Waals surface area contributed by atoms with Crippen LogP contribution < -0.4 is 0 Å². The zero-order chi connectivity index (χ0) is 10.1. The molecule has 0 aromatic heterocycles. The van der Waals surface area contributed by atoms with Crippen LogP contribution in [0.4, 0.5) is 0 Å². The third-order valence-corrected chi connectivity index (χ3v) is 2.69. The van der Waals surface area contributed by atoms with E-state index in [0.717, 1.165) is 12.5 Å². The fraction of sp³-hybridized carbons (Fsp3) is 1.00. The van der Waals surface area contributed by atoms with Gasteiger partial charge in [0.15, 0.2) is 0 Å². The monoisotopic (exact) mass is 202 g/mol. The molecule has 1 rings (SSSR count). The van der Waals surface area contributed by atoms with Crippen LogP contribution in [-0.2, 0) is 9.47 Å². The molecule has 14 heavy (non-hydrogen) atoms. The first-order chi connectivity index (χ1) is 6.93. The SMILES string of the molecule is OCCOCCOCC1CCCCC1. The summed E-state index contributed by atoms with van der Waals surface area (Å²) in [7, 11) is 0. The van der Waals surface area contributed by atoms with Gasteiger partial charge < -0.3 is 14.6 Å². The molecule has 0 radical (unpaired) electrons. The molecule has 0 spiro atoms. The Labute approximate surface area is 86.4 Å². The molecule has 1 N–H and O–H groups in total. The molecule has 0 unspecified atom stereocenters. The van der Waals surface area contributed by atoms with Gasteiger partial charge in [-0.3, -0.25) is 0 Å². The predicted octanol–water partition coefficient (Wildman–Crippen LogP) is 1.59. The molecular formula is C11H22O3. The molecule has 84 valence electrons. The number of hydrogen-bond donors (Lipinski definition) is 1. The highest BCUT2D eigenvalue weighted by Crippen LogP contribution is 2.23. The molecule has 1 saturated carbocycles. The Balaban J connectivity index is 1.82. The topological polar surface area (TPSA) is 38.7 Å². The molecule has 0 amide bonds. The Morgan fingerprint density at radius 3 is 2.36 bits per heavy atom. The molecule has 0 saturated heterocycles. The minimum Gasteiger partial charge on any atom is -0.394 e. The minimum atomic E-state index is 0.0998. The highest BCUT2D eigenvalue weighted by Gasteiger charge is 2.12. The second-order valence-corrected chi connectivity index (χ2v) is 3.91. The van der Waals surface area contributed by atoms with Crippen LogP contribution in [0.1, 0.15) is 32.1 Å². The highest BCUT2D eigenvalue weighted by molar-refractivity contribution is 4.64. The third-order valence-electron chi connectivity index (χ3n) is 2.69. The molecule has 1 aliphatic carbocycles. The molecule has 3 heteroatoms. The average molecular weight is 202 g/mol. The molecule has 1 aliphatic rings. The van der Waals surface area contributed by atoms with Crippen LogP contribution in [0.5, 0.6) is 0 Å². The lowest BCUT2D eigenvalue weighted by Gasteiger charge is -2.21. The number of aliphatic hydroxyl groups is 1. The van der Waals surface area contributed by atoms with Crippen LogP contribution in [-0.4, -0.2) is 38.1 Å². The van der Waals surface area contributed by atoms with Crippen LogP contribution in [0.3, 0.4) is 0 Å². The summed E-state index contributed by atoms with van der Waals surface area (Å²) in [6, 6.07) is 0. The molecule has 0 aromatic rings. The van der Waals surface area contributed by atoms with E-state index in [1.807, 2.05) is 0 Å². The van der Waals surface area contributed by atoms with E-state index in [9.17, 15) is 0 Å². The summed E-state index contributed by atoms with van der Waals surface area (Å²) in [5.74, 6) is 0.779. The first kappa shape index (κ1) is 12.0. The van der Waals surface area contributed by atoms with Crippen molar-refractivity contribution in [1.29, 1.82) is 0 Å². The van der Waals surface area contributed by atoms with Gasteiger partial charge in [-0.2, -0.15) is 0 Å². The maximum Gasteiger partial charge on any atom is 0.0701 e. The van der Waals surface area contributed by atoms with Gasteiger partial charge in [-0.1, -0.05) is 19.3 Å². The lowest BCUT2D eigenvalue weighted by atomic mass is 9.90. The van der Waals surface area contributed by atoms with Gasteiger partial charge in [0.05, 0.1) is 26.4 Å². The normalized spacial score (nSPS) is 18.6. The van der Waals surface area contributed by atoms with Crippen LogP contribution >= 0.6 is 0 Å². The van der Waals surface area contributed by atoms with Crippen molar-refractivity contribution in [3.8, 4) is 0 Å². The quantitative estimate of drug-likeness (QED) is 0.637. The summed E-state index contributed by atoms with van der Waals surface area (Å²) in [5, 5.41) is 8.46. The molecule has 0 heterocycles. The van der Waals surface area contributed by atoms with Crippen molar-refractivity contribution in [2.24, 2.45) is 5.92 Å². The molecule has 0 atom stereocenters. The lowest BCUT2D eigenvalue weighted by molar-refractivity contribution is 0.0177. The Bertz CT molecular complexity index is 122. The third kappa shape index (κ3) is 5.58. The predicted molar refractivity (Wildman–Crippen MR) is 55.3 cm³/mol. The fourth-order valence-corrected chi connectivity index (χ4v) is 1.89. The summed E-state index contributed by atoms with van der Waals surface area (Å²) in [4.78, 5) is 0. The maximum absolute atomic E-state index is 8.46.